The van der Waals surface area contributed by atoms with Gasteiger partial charge >= 0.3 is 0 Å². The highest BCUT2D eigenvalue weighted by molar-refractivity contribution is 5.33. The van der Waals surface area contributed by atoms with Gasteiger partial charge in [-0.3, -0.25) is 4.90 Å². The zero-order valence-corrected chi connectivity index (χ0v) is 11.5. The van der Waals surface area contributed by atoms with Crippen molar-refractivity contribution in [1.29, 1.82) is 0 Å². The molecule has 0 amide bonds. The zero-order chi connectivity index (χ0) is 13.2. The number of methoxy groups -OCH3 is 1. The second kappa shape index (κ2) is 5.29. The van der Waals surface area contributed by atoms with Gasteiger partial charge in [-0.25, -0.2) is 0 Å². The van der Waals surface area contributed by atoms with Gasteiger partial charge in [0.15, 0.2) is 0 Å². The van der Waals surface area contributed by atoms with Gasteiger partial charge in [0.25, 0.3) is 0 Å². The molecule has 1 unspecified atom stereocenters. The predicted octanol–water partition coefficient (Wildman–Crippen LogP) is 2.29. The van der Waals surface area contributed by atoms with Crippen molar-refractivity contribution in [3.63, 3.8) is 0 Å². The third-order valence-corrected chi connectivity index (χ3v) is 3.99. The van der Waals surface area contributed by atoms with Crippen LogP contribution < -0.4 is 4.74 Å². The Bertz CT molecular complexity index is 403. The van der Waals surface area contributed by atoms with Crippen molar-refractivity contribution < 1.29 is 9.84 Å². The predicted molar refractivity (Wildman–Crippen MR) is 72.7 cm³/mol. The Kier molecular flexibility index (Phi) is 3.93. The highest BCUT2D eigenvalue weighted by Gasteiger charge is 2.34. The van der Waals surface area contributed by atoms with Gasteiger partial charge in [0, 0.05) is 18.7 Å². The Labute approximate surface area is 109 Å². The standard InChI is InChI=1S/C15H23NO2/c1-15(2)8-9-16(11-14(15)17)10-12-6-4-5-7-13(12)18-3/h4-7,14,17H,8-11H2,1-3H3. The molecule has 1 fully saturated rings. The van der Waals surface area contributed by atoms with E-state index in [1.807, 2.05) is 18.2 Å². The Morgan fingerprint density at radius 1 is 1.39 bits per heavy atom. The first-order valence-electron chi connectivity index (χ1n) is 6.55. The van der Waals surface area contributed by atoms with Gasteiger partial charge in [-0.1, -0.05) is 32.0 Å². The quantitative estimate of drug-likeness (QED) is 0.892. The van der Waals surface area contributed by atoms with E-state index in [0.717, 1.165) is 31.8 Å². The fraction of sp³-hybridized carbons (Fsp3) is 0.600. The van der Waals surface area contributed by atoms with Crippen LogP contribution in [0.15, 0.2) is 24.3 Å². The van der Waals surface area contributed by atoms with E-state index < -0.39 is 0 Å². The topological polar surface area (TPSA) is 32.7 Å². The number of β-amino-alcohol motifs (C(OH)–C–C–N with tert-alkyl or cyclic N) is 1. The van der Waals surface area contributed by atoms with Gasteiger partial charge in [-0.2, -0.15) is 0 Å². The third kappa shape index (κ3) is 2.85. The Morgan fingerprint density at radius 3 is 2.78 bits per heavy atom. The fourth-order valence-corrected chi connectivity index (χ4v) is 2.41. The van der Waals surface area contributed by atoms with Gasteiger partial charge in [0.05, 0.1) is 13.2 Å². The average Bonchev–Trinajstić information content (AvgIpc) is 2.35. The molecule has 1 aliphatic rings. The molecule has 3 heteroatoms. The molecule has 3 nitrogen and oxygen atoms in total. The van der Waals surface area contributed by atoms with Crippen LogP contribution in [0.1, 0.15) is 25.8 Å². The highest BCUT2D eigenvalue weighted by atomic mass is 16.5. The largest absolute Gasteiger partial charge is 0.496 e. The molecule has 100 valence electrons. The van der Waals surface area contributed by atoms with Crippen molar-refractivity contribution in [2.75, 3.05) is 20.2 Å². The molecule has 0 aromatic heterocycles. The Balaban J connectivity index is 2.03. The van der Waals surface area contributed by atoms with Crippen molar-refractivity contribution in [2.24, 2.45) is 5.41 Å². The van der Waals surface area contributed by atoms with E-state index in [-0.39, 0.29) is 11.5 Å². The van der Waals surface area contributed by atoms with Crippen molar-refractivity contribution in [2.45, 2.75) is 32.9 Å². The van der Waals surface area contributed by atoms with Crippen LogP contribution in [-0.2, 0) is 6.54 Å². The highest BCUT2D eigenvalue weighted by Crippen LogP contribution is 2.31. The normalized spacial score (nSPS) is 23.9. The third-order valence-electron chi connectivity index (χ3n) is 3.99. The lowest BCUT2D eigenvalue weighted by Gasteiger charge is -2.41. The first kappa shape index (κ1) is 13.4. The molecule has 1 saturated heterocycles. The zero-order valence-electron chi connectivity index (χ0n) is 11.5. The molecule has 2 rings (SSSR count). The molecule has 0 aliphatic carbocycles. The summed E-state index contributed by atoms with van der Waals surface area (Å²) in [5.74, 6) is 0.928. The second-order valence-electron chi connectivity index (χ2n) is 5.80. The SMILES string of the molecule is COc1ccccc1CN1CCC(C)(C)C(O)C1. The first-order valence-corrected chi connectivity index (χ1v) is 6.55. The molecule has 0 radical (unpaired) electrons. The van der Waals surface area contributed by atoms with Crippen LogP contribution in [0.5, 0.6) is 5.75 Å². The van der Waals surface area contributed by atoms with Crippen LogP contribution in [0.2, 0.25) is 0 Å². The summed E-state index contributed by atoms with van der Waals surface area (Å²) in [6, 6.07) is 8.09. The van der Waals surface area contributed by atoms with E-state index in [0.29, 0.717) is 0 Å². The number of benzene rings is 1. The molecule has 0 saturated carbocycles. The molecule has 0 bridgehead atoms. The molecule has 1 heterocycles. The molecule has 0 spiro atoms. The summed E-state index contributed by atoms with van der Waals surface area (Å²) in [5.41, 5.74) is 1.23. The molecule has 18 heavy (non-hydrogen) atoms. The number of aliphatic hydroxyl groups is 1. The summed E-state index contributed by atoms with van der Waals surface area (Å²) in [6.45, 7) is 6.89. The lowest BCUT2D eigenvalue weighted by Crippen LogP contribution is -2.47. The summed E-state index contributed by atoms with van der Waals surface area (Å²) < 4.78 is 5.37. The van der Waals surface area contributed by atoms with Crippen LogP contribution in [0.4, 0.5) is 0 Å². The minimum absolute atomic E-state index is 0.0390. The van der Waals surface area contributed by atoms with E-state index >= 15 is 0 Å². The van der Waals surface area contributed by atoms with E-state index in [4.69, 9.17) is 4.74 Å². The maximum Gasteiger partial charge on any atom is 0.123 e. The van der Waals surface area contributed by atoms with E-state index in [1.165, 1.54) is 5.56 Å². The number of piperidine rings is 1. The van der Waals surface area contributed by atoms with Crippen molar-refractivity contribution >= 4 is 0 Å². The van der Waals surface area contributed by atoms with Crippen LogP contribution in [0.25, 0.3) is 0 Å². The molecule has 1 aliphatic heterocycles. The number of aliphatic hydroxyl groups excluding tert-OH is 1. The van der Waals surface area contributed by atoms with Crippen molar-refractivity contribution in [3.05, 3.63) is 29.8 Å². The van der Waals surface area contributed by atoms with Crippen LogP contribution in [-0.4, -0.2) is 36.3 Å². The van der Waals surface area contributed by atoms with Gasteiger partial charge in [0.1, 0.15) is 5.75 Å². The lowest BCUT2D eigenvalue weighted by molar-refractivity contribution is -0.0279. The molecule has 1 aromatic carbocycles. The monoisotopic (exact) mass is 249 g/mol. The van der Waals surface area contributed by atoms with Gasteiger partial charge in [-0.15, -0.1) is 0 Å². The summed E-state index contributed by atoms with van der Waals surface area (Å²) >= 11 is 0. The fourth-order valence-electron chi connectivity index (χ4n) is 2.41. The molecular formula is C15H23NO2. The maximum absolute atomic E-state index is 10.1. The molecular weight excluding hydrogens is 226 g/mol. The lowest BCUT2D eigenvalue weighted by atomic mass is 9.80. The number of hydrogen-bond acceptors (Lipinski definition) is 3. The number of nitrogens with zero attached hydrogens (tertiary/aromatic N) is 1. The van der Waals surface area contributed by atoms with Gasteiger partial charge < -0.3 is 9.84 Å². The molecule has 1 N–H and O–H groups in total. The number of likely N-dealkylation sites (tertiary alicyclic amines) is 1. The van der Waals surface area contributed by atoms with Crippen LogP contribution >= 0.6 is 0 Å². The summed E-state index contributed by atoms with van der Waals surface area (Å²) in [5, 5.41) is 10.1. The number of para-hydroxylation sites is 1. The minimum atomic E-state index is -0.249. The molecule has 1 aromatic rings. The summed E-state index contributed by atoms with van der Waals surface area (Å²) in [4.78, 5) is 2.30. The summed E-state index contributed by atoms with van der Waals surface area (Å²) in [7, 11) is 1.70. The van der Waals surface area contributed by atoms with E-state index in [9.17, 15) is 5.11 Å². The molecule has 1 atom stereocenters. The van der Waals surface area contributed by atoms with Crippen molar-refractivity contribution in [3.8, 4) is 5.75 Å². The smallest absolute Gasteiger partial charge is 0.123 e. The van der Waals surface area contributed by atoms with Crippen LogP contribution in [0, 0.1) is 5.41 Å². The number of hydrogen-bond donors (Lipinski definition) is 1. The number of ether oxygens (including phenoxy) is 1. The second-order valence-corrected chi connectivity index (χ2v) is 5.80. The maximum atomic E-state index is 10.1. The average molecular weight is 249 g/mol. The van der Waals surface area contributed by atoms with Crippen LogP contribution in [0.3, 0.4) is 0 Å². The van der Waals surface area contributed by atoms with Crippen molar-refractivity contribution in [1.82, 2.24) is 4.90 Å². The Hall–Kier alpha value is -1.06. The van der Waals surface area contributed by atoms with E-state index in [1.54, 1.807) is 7.11 Å². The van der Waals surface area contributed by atoms with Gasteiger partial charge in [0.2, 0.25) is 0 Å². The first-order chi connectivity index (χ1) is 8.53. The Morgan fingerprint density at radius 2 is 2.11 bits per heavy atom. The van der Waals surface area contributed by atoms with Gasteiger partial charge in [-0.05, 0) is 24.4 Å². The van der Waals surface area contributed by atoms with E-state index in [2.05, 4.69) is 24.8 Å². The number of rotatable bonds is 3. The summed E-state index contributed by atoms with van der Waals surface area (Å²) in [6.07, 6.45) is 0.782. The minimum Gasteiger partial charge on any atom is -0.496 e.